The number of sulfonamides is 1. The van der Waals surface area contributed by atoms with E-state index >= 15 is 0 Å². The molecule has 1 aliphatic heterocycles. The molecule has 0 aliphatic carbocycles. The van der Waals surface area contributed by atoms with Crippen molar-refractivity contribution in [3.63, 3.8) is 0 Å². The predicted molar refractivity (Wildman–Crippen MR) is 115 cm³/mol. The lowest BCUT2D eigenvalue weighted by molar-refractivity contribution is 0.0705. The Morgan fingerprint density at radius 3 is 2.61 bits per heavy atom. The number of benzene rings is 2. The molecule has 2 aromatic carbocycles. The summed E-state index contributed by atoms with van der Waals surface area (Å²) in [5.74, 6) is -0.245. The van der Waals surface area contributed by atoms with Gasteiger partial charge in [-0.25, -0.2) is 23.9 Å². The minimum absolute atomic E-state index is 0.105. The Bertz CT molecular complexity index is 1180. The minimum atomic E-state index is -3.58. The Balaban J connectivity index is 1.42. The Hall–Kier alpha value is -3.08. The second-order valence-electron chi connectivity index (χ2n) is 7.50. The molecule has 0 saturated carbocycles. The van der Waals surface area contributed by atoms with Crippen LogP contribution in [0.4, 0.5) is 5.95 Å². The average Bonchev–Trinajstić information content (AvgIpc) is 2.82. The van der Waals surface area contributed by atoms with Crippen LogP contribution in [0, 0.1) is 5.92 Å². The maximum Gasteiger partial charge on any atom is 0.277 e. The molecule has 0 spiro atoms. The quantitative estimate of drug-likeness (QED) is 0.396. The number of hydroxylamine groups is 1. The molecule has 1 aliphatic rings. The standard InChI is InChI=1S/C21H23N5O4S/c27-20(25-28)18-12-23-21(24-13-18)22-11-15-4-3-9-26(14-15)31(29,30)19-8-7-16-5-1-2-6-17(16)10-19/h1-2,5-8,10,12-13,15,28H,3-4,9,11,14H2,(H,25,27)(H,22,23,24). The lowest BCUT2D eigenvalue weighted by Crippen LogP contribution is -2.41. The second kappa shape index (κ2) is 8.96. The van der Waals surface area contributed by atoms with Crippen molar-refractivity contribution in [3.8, 4) is 0 Å². The zero-order chi connectivity index (χ0) is 21.8. The number of aromatic nitrogens is 2. The number of hydrogen-bond donors (Lipinski definition) is 3. The van der Waals surface area contributed by atoms with Gasteiger partial charge in [0.15, 0.2) is 0 Å². The number of hydrogen-bond acceptors (Lipinski definition) is 7. The van der Waals surface area contributed by atoms with Crippen molar-refractivity contribution in [3.05, 3.63) is 60.4 Å². The molecule has 0 bridgehead atoms. The lowest BCUT2D eigenvalue weighted by atomic mass is 10.00. The van der Waals surface area contributed by atoms with Crippen LogP contribution in [0.5, 0.6) is 0 Å². The van der Waals surface area contributed by atoms with Gasteiger partial charge in [-0.05, 0) is 41.7 Å². The molecule has 10 heteroatoms. The normalized spacial score (nSPS) is 17.4. The fourth-order valence-corrected chi connectivity index (χ4v) is 5.32. The lowest BCUT2D eigenvalue weighted by Gasteiger charge is -2.32. The van der Waals surface area contributed by atoms with Gasteiger partial charge in [0, 0.05) is 32.0 Å². The number of fused-ring (bicyclic) bond motifs is 1. The highest BCUT2D eigenvalue weighted by molar-refractivity contribution is 7.89. The molecule has 3 aromatic rings. The first-order valence-corrected chi connectivity index (χ1v) is 11.4. The van der Waals surface area contributed by atoms with Crippen molar-refractivity contribution < 1.29 is 18.4 Å². The van der Waals surface area contributed by atoms with Crippen molar-refractivity contribution in [2.75, 3.05) is 25.0 Å². The van der Waals surface area contributed by atoms with Crippen LogP contribution in [0.2, 0.25) is 0 Å². The highest BCUT2D eigenvalue weighted by Gasteiger charge is 2.30. The number of carbonyl (C=O) groups is 1. The first kappa shape index (κ1) is 21.2. The summed E-state index contributed by atoms with van der Waals surface area (Å²) in [6.07, 6.45) is 4.27. The van der Waals surface area contributed by atoms with Crippen molar-refractivity contribution >= 4 is 32.7 Å². The van der Waals surface area contributed by atoms with Gasteiger partial charge in [-0.2, -0.15) is 4.31 Å². The molecule has 1 fully saturated rings. The van der Waals surface area contributed by atoms with E-state index in [1.54, 1.807) is 16.4 Å². The number of nitrogens with zero attached hydrogens (tertiary/aromatic N) is 3. The van der Waals surface area contributed by atoms with Crippen molar-refractivity contribution in [1.29, 1.82) is 0 Å². The van der Waals surface area contributed by atoms with Crippen LogP contribution in [0.3, 0.4) is 0 Å². The van der Waals surface area contributed by atoms with Crippen LogP contribution in [0.15, 0.2) is 59.8 Å². The van der Waals surface area contributed by atoms with Crippen LogP contribution in [0.25, 0.3) is 10.8 Å². The summed E-state index contributed by atoms with van der Waals surface area (Å²) < 4.78 is 28.0. The Kier molecular flexibility index (Phi) is 6.12. The molecule has 1 aromatic heterocycles. The van der Waals surface area contributed by atoms with Gasteiger partial charge in [-0.3, -0.25) is 10.0 Å². The number of anilines is 1. The predicted octanol–water partition coefficient (Wildman–Crippen LogP) is 2.26. The molecular weight excluding hydrogens is 418 g/mol. The molecule has 162 valence electrons. The van der Waals surface area contributed by atoms with E-state index in [0.717, 1.165) is 23.6 Å². The maximum atomic E-state index is 13.2. The Morgan fingerprint density at radius 1 is 1.13 bits per heavy atom. The molecule has 2 heterocycles. The third kappa shape index (κ3) is 4.66. The van der Waals surface area contributed by atoms with Gasteiger partial charge in [0.1, 0.15) is 0 Å². The van der Waals surface area contributed by atoms with Crippen LogP contribution in [0.1, 0.15) is 23.2 Å². The molecule has 1 unspecified atom stereocenters. The van der Waals surface area contributed by atoms with E-state index in [1.807, 2.05) is 30.3 Å². The van der Waals surface area contributed by atoms with Gasteiger partial charge in [-0.15, -0.1) is 0 Å². The molecule has 1 saturated heterocycles. The number of carbonyl (C=O) groups excluding carboxylic acids is 1. The summed E-state index contributed by atoms with van der Waals surface area (Å²) in [6.45, 7) is 1.41. The first-order chi connectivity index (χ1) is 15.0. The molecule has 4 rings (SSSR count). The monoisotopic (exact) mass is 441 g/mol. The fourth-order valence-electron chi connectivity index (χ4n) is 3.73. The summed E-state index contributed by atoms with van der Waals surface area (Å²) in [4.78, 5) is 19.7. The summed E-state index contributed by atoms with van der Waals surface area (Å²) in [7, 11) is -3.58. The maximum absolute atomic E-state index is 13.2. The highest BCUT2D eigenvalue weighted by atomic mass is 32.2. The number of nitrogens with one attached hydrogen (secondary N) is 2. The molecule has 31 heavy (non-hydrogen) atoms. The van der Waals surface area contributed by atoms with Gasteiger partial charge in [0.2, 0.25) is 16.0 Å². The summed E-state index contributed by atoms with van der Waals surface area (Å²) in [6, 6.07) is 12.9. The largest absolute Gasteiger partial charge is 0.354 e. The van der Waals surface area contributed by atoms with E-state index < -0.39 is 15.9 Å². The third-order valence-corrected chi connectivity index (χ3v) is 7.27. The van der Waals surface area contributed by atoms with E-state index in [1.165, 1.54) is 17.9 Å². The first-order valence-electron chi connectivity index (χ1n) is 9.96. The number of piperidine rings is 1. The van der Waals surface area contributed by atoms with E-state index in [-0.39, 0.29) is 11.5 Å². The molecule has 0 radical (unpaired) electrons. The smallest absolute Gasteiger partial charge is 0.277 e. The van der Waals surface area contributed by atoms with E-state index in [2.05, 4.69) is 15.3 Å². The van der Waals surface area contributed by atoms with Crippen LogP contribution >= 0.6 is 0 Å². The SMILES string of the molecule is O=C(NO)c1cnc(NCC2CCCN(S(=O)(=O)c3ccc4ccccc4c3)C2)nc1. The Labute approximate surface area is 180 Å². The minimum Gasteiger partial charge on any atom is -0.354 e. The summed E-state index contributed by atoms with van der Waals surface area (Å²) >= 11 is 0. The Morgan fingerprint density at radius 2 is 1.87 bits per heavy atom. The summed E-state index contributed by atoms with van der Waals surface area (Å²) in [5.41, 5.74) is 1.66. The van der Waals surface area contributed by atoms with Crippen LogP contribution in [-0.4, -0.2) is 53.4 Å². The number of rotatable bonds is 6. The zero-order valence-corrected chi connectivity index (χ0v) is 17.5. The van der Waals surface area contributed by atoms with Crippen molar-refractivity contribution in [1.82, 2.24) is 19.8 Å². The van der Waals surface area contributed by atoms with E-state index in [4.69, 9.17) is 5.21 Å². The topological polar surface area (TPSA) is 125 Å². The highest BCUT2D eigenvalue weighted by Crippen LogP contribution is 2.26. The van der Waals surface area contributed by atoms with Crippen molar-refractivity contribution in [2.45, 2.75) is 17.7 Å². The third-order valence-electron chi connectivity index (χ3n) is 5.40. The molecular formula is C21H23N5O4S. The van der Waals surface area contributed by atoms with E-state index in [9.17, 15) is 13.2 Å². The molecule has 3 N–H and O–H groups in total. The van der Waals surface area contributed by atoms with Gasteiger partial charge in [0.05, 0.1) is 10.5 Å². The molecule has 1 atom stereocenters. The number of amides is 1. The van der Waals surface area contributed by atoms with Crippen LogP contribution < -0.4 is 10.8 Å². The molecule has 1 amide bonds. The average molecular weight is 442 g/mol. The second-order valence-corrected chi connectivity index (χ2v) is 9.44. The molecule has 9 nitrogen and oxygen atoms in total. The van der Waals surface area contributed by atoms with E-state index in [0.29, 0.717) is 30.5 Å². The van der Waals surface area contributed by atoms with Crippen LogP contribution in [-0.2, 0) is 10.0 Å². The fraction of sp³-hybridized carbons (Fsp3) is 0.286. The van der Waals surface area contributed by atoms with Gasteiger partial charge in [-0.1, -0.05) is 30.3 Å². The van der Waals surface area contributed by atoms with Crippen molar-refractivity contribution in [2.24, 2.45) is 5.92 Å². The van der Waals surface area contributed by atoms with Gasteiger partial charge in [0.25, 0.3) is 5.91 Å². The van der Waals surface area contributed by atoms with Gasteiger partial charge >= 0.3 is 0 Å². The zero-order valence-electron chi connectivity index (χ0n) is 16.7. The van der Waals surface area contributed by atoms with Gasteiger partial charge < -0.3 is 5.32 Å². The summed E-state index contributed by atoms with van der Waals surface area (Å²) in [5, 5.41) is 13.6.